The van der Waals surface area contributed by atoms with Crippen molar-refractivity contribution in [3.05, 3.63) is 0 Å². The van der Waals surface area contributed by atoms with E-state index >= 15 is 0 Å². The first-order chi connectivity index (χ1) is 7.44. The third-order valence-corrected chi connectivity index (χ3v) is 1.60. The molecule has 0 radical (unpaired) electrons. The van der Waals surface area contributed by atoms with E-state index in [9.17, 15) is 23.1 Å². The Morgan fingerprint density at radius 2 is 1.71 bits per heavy atom. The molecule has 3 nitrogen and oxygen atoms in total. The molecule has 0 spiro atoms. The van der Waals surface area contributed by atoms with Crippen molar-refractivity contribution in [3.8, 4) is 11.8 Å². The maximum absolute atomic E-state index is 12.6. The fraction of sp³-hybridized carbons (Fsp3) is 0.727. The summed E-state index contributed by atoms with van der Waals surface area (Å²) >= 11 is 0. The number of halogens is 3. The van der Waals surface area contributed by atoms with Gasteiger partial charge in [0.2, 0.25) is 0 Å². The van der Waals surface area contributed by atoms with Crippen molar-refractivity contribution in [2.45, 2.75) is 39.5 Å². The lowest BCUT2D eigenvalue weighted by molar-refractivity contribution is -0.242. The molecule has 0 fully saturated rings. The SMILES string of the molecule is CCOC(=O)C(O)(C#CC(C)(C)C)C(F)(F)F. The molecule has 6 heteroatoms. The number of carbonyl (C=O) groups is 1. The van der Waals surface area contributed by atoms with Crippen LogP contribution in [0.2, 0.25) is 0 Å². The van der Waals surface area contributed by atoms with Gasteiger partial charge in [0.05, 0.1) is 6.61 Å². The van der Waals surface area contributed by atoms with E-state index in [2.05, 4.69) is 10.7 Å². The zero-order valence-corrected chi connectivity index (χ0v) is 10.1. The van der Waals surface area contributed by atoms with Gasteiger partial charge in [-0.3, -0.25) is 0 Å². The average Bonchev–Trinajstić information content (AvgIpc) is 2.11. The van der Waals surface area contributed by atoms with Crippen LogP contribution in [0.1, 0.15) is 27.7 Å². The minimum Gasteiger partial charge on any atom is -0.463 e. The number of carbonyl (C=O) groups excluding carboxylic acids is 1. The molecular formula is C11H15F3O3. The van der Waals surface area contributed by atoms with Crippen molar-refractivity contribution < 1.29 is 27.8 Å². The Morgan fingerprint density at radius 3 is 2.00 bits per heavy atom. The molecule has 0 aromatic rings. The zero-order valence-electron chi connectivity index (χ0n) is 10.1. The summed E-state index contributed by atoms with van der Waals surface area (Å²) in [6.07, 6.45) is -5.20. The zero-order chi connectivity index (χ0) is 13.9. The van der Waals surface area contributed by atoms with E-state index in [-0.39, 0.29) is 6.61 Å². The quantitative estimate of drug-likeness (QED) is 0.603. The first-order valence-electron chi connectivity index (χ1n) is 4.94. The molecule has 0 bridgehead atoms. The van der Waals surface area contributed by atoms with Crippen LogP contribution in [0.3, 0.4) is 0 Å². The van der Waals surface area contributed by atoms with Gasteiger partial charge in [0.25, 0.3) is 0 Å². The van der Waals surface area contributed by atoms with Crippen molar-refractivity contribution in [1.82, 2.24) is 0 Å². The molecule has 0 aliphatic heterocycles. The molecule has 0 aliphatic carbocycles. The van der Waals surface area contributed by atoms with E-state index in [0.29, 0.717) is 0 Å². The van der Waals surface area contributed by atoms with Gasteiger partial charge in [-0.15, -0.1) is 0 Å². The molecule has 0 saturated carbocycles. The smallest absolute Gasteiger partial charge is 0.440 e. The van der Waals surface area contributed by atoms with Gasteiger partial charge in [0, 0.05) is 5.41 Å². The van der Waals surface area contributed by atoms with Crippen molar-refractivity contribution in [3.63, 3.8) is 0 Å². The molecule has 0 heterocycles. The lowest BCUT2D eigenvalue weighted by Gasteiger charge is -2.23. The van der Waals surface area contributed by atoms with Gasteiger partial charge in [-0.25, -0.2) is 4.79 Å². The minimum absolute atomic E-state index is 0.269. The number of hydrogen-bond donors (Lipinski definition) is 1. The molecule has 1 atom stereocenters. The highest BCUT2D eigenvalue weighted by molar-refractivity contribution is 5.84. The number of esters is 1. The molecule has 0 aliphatic rings. The Balaban J connectivity index is 5.41. The molecule has 98 valence electrons. The monoisotopic (exact) mass is 252 g/mol. The summed E-state index contributed by atoms with van der Waals surface area (Å²) < 4.78 is 42.0. The fourth-order valence-electron chi connectivity index (χ4n) is 0.751. The van der Waals surface area contributed by atoms with Gasteiger partial charge in [0.1, 0.15) is 0 Å². The maximum atomic E-state index is 12.6. The van der Waals surface area contributed by atoms with E-state index in [1.807, 2.05) is 0 Å². The summed E-state index contributed by atoms with van der Waals surface area (Å²) in [4.78, 5) is 11.1. The topological polar surface area (TPSA) is 46.5 Å². The number of aliphatic hydroxyl groups is 1. The van der Waals surface area contributed by atoms with Gasteiger partial charge >= 0.3 is 17.7 Å². The van der Waals surface area contributed by atoms with Gasteiger partial charge in [-0.2, -0.15) is 13.2 Å². The van der Waals surface area contributed by atoms with E-state index in [0.717, 1.165) is 0 Å². The third-order valence-electron chi connectivity index (χ3n) is 1.60. The number of hydrogen-bond acceptors (Lipinski definition) is 3. The summed E-state index contributed by atoms with van der Waals surface area (Å²) in [6, 6.07) is 0. The average molecular weight is 252 g/mol. The van der Waals surface area contributed by atoms with Gasteiger partial charge in [-0.05, 0) is 33.6 Å². The van der Waals surface area contributed by atoms with Gasteiger partial charge in [0.15, 0.2) is 0 Å². The molecule has 0 aromatic heterocycles. The second-order valence-corrected chi connectivity index (χ2v) is 4.43. The molecule has 1 N–H and O–H groups in total. The first kappa shape index (κ1) is 15.8. The Kier molecular flexibility index (Phi) is 4.61. The summed E-state index contributed by atoms with van der Waals surface area (Å²) in [5, 5.41) is 9.34. The van der Waals surface area contributed by atoms with E-state index in [4.69, 9.17) is 0 Å². The Hall–Kier alpha value is -1.22. The second kappa shape index (κ2) is 4.96. The highest BCUT2D eigenvalue weighted by atomic mass is 19.4. The molecule has 0 rings (SSSR count). The summed E-state index contributed by atoms with van der Waals surface area (Å²) in [5.74, 6) is 1.95. The van der Waals surface area contributed by atoms with Gasteiger partial charge < -0.3 is 9.84 Å². The minimum atomic E-state index is -5.20. The maximum Gasteiger partial charge on any atom is 0.440 e. The highest BCUT2D eigenvalue weighted by Crippen LogP contribution is 2.31. The van der Waals surface area contributed by atoms with Crippen molar-refractivity contribution in [2.75, 3.05) is 6.61 Å². The van der Waals surface area contributed by atoms with E-state index < -0.39 is 23.2 Å². The van der Waals surface area contributed by atoms with Crippen LogP contribution < -0.4 is 0 Å². The lowest BCUT2D eigenvalue weighted by Crippen LogP contribution is -2.52. The molecule has 0 aromatic carbocycles. The van der Waals surface area contributed by atoms with E-state index in [1.54, 1.807) is 26.7 Å². The van der Waals surface area contributed by atoms with Crippen LogP contribution >= 0.6 is 0 Å². The molecule has 17 heavy (non-hydrogen) atoms. The second-order valence-electron chi connectivity index (χ2n) is 4.43. The van der Waals surface area contributed by atoms with E-state index in [1.165, 1.54) is 6.92 Å². The molecule has 1 unspecified atom stereocenters. The number of ether oxygens (including phenoxy) is 1. The third kappa shape index (κ3) is 4.27. The Morgan fingerprint density at radius 1 is 1.24 bits per heavy atom. The highest BCUT2D eigenvalue weighted by Gasteiger charge is 2.60. The Bertz CT molecular complexity index is 344. The summed E-state index contributed by atoms with van der Waals surface area (Å²) in [6.45, 7) is 5.74. The van der Waals surface area contributed by atoms with Crippen molar-refractivity contribution in [1.29, 1.82) is 0 Å². The van der Waals surface area contributed by atoms with Crippen LogP contribution in [0.15, 0.2) is 0 Å². The fourth-order valence-corrected chi connectivity index (χ4v) is 0.751. The predicted octanol–water partition coefficient (Wildman–Crippen LogP) is 1.89. The normalized spacial score (nSPS) is 15.5. The Labute approximate surface area is 98.0 Å². The van der Waals surface area contributed by atoms with Crippen LogP contribution in [0.4, 0.5) is 13.2 Å². The number of rotatable bonds is 2. The largest absolute Gasteiger partial charge is 0.463 e. The molecule has 0 saturated heterocycles. The van der Waals surface area contributed by atoms with Crippen LogP contribution in [0.25, 0.3) is 0 Å². The van der Waals surface area contributed by atoms with Crippen LogP contribution in [-0.2, 0) is 9.53 Å². The lowest BCUT2D eigenvalue weighted by atomic mass is 9.95. The first-order valence-corrected chi connectivity index (χ1v) is 4.94. The van der Waals surface area contributed by atoms with Crippen molar-refractivity contribution in [2.24, 2.45) is 5.41 Å². The predicted molar refractivity (Wildman–Crippen MR) is 54.9 cm³/mol. The summed E-state index contributed by atoms with van der Waals surface area (Å²) in [5.41, 5.74) is -4.54. The standard InChI is InChI=1S/C11H15F3O3/c1-5-17-8(15)10(16,11(12,13)14)7-6-9(2,3)4/h16H,5H2,1-4H3. The number of alkyl halides is 3. The molecular weight excluding hydrogens is 237 g/mol. The van der Waals surface area contributed by atoms with Crippen molar-refractivity contribution >= 4 is 5.97 Å². The van der Waals surface area contributed by atoms with Crippen LogP contribution in [0, 0.1) is 17.3 Å². The van der Waals surface area contributed by atoms with Crippen LogP contribution in [-0.4, -0.2) is 29.5 Å². The van der Waals surface area contributed by atoms with Crippen LogP contribution in [0.5, 0.6) is 0 Å². The summed E-state index contributed by atoms with van der Waals surface area (Å²) in [7, 11) is 0. The van der Waals surface area contributed by atoms with Gasteiger partial charge in [-0.1, -0.05) is 5.92 Å². The molecule has 0 amide bonds.